The fraction of sp³-hybridized carbons (Fsp3) is 0.933. The zero-order valence-corrected chi connectivity index (χ0v) is 14.7. The summed E-state index contributed by atoms with van der Waals surface area (Å²) in [6.07, 6.45) is 8.67. The summed E-state index contributed by atoms with van der Waals surface area (Å²) in [6, 6.07) is 0. The van der Waals surface area contributed by atoms with E-state index >= 15 is 0 Å². The van der Waals surface area contributed by atoms with Crippen LogP contribution >= 0.6 is 0 Å². The minimum atomic E-state index is -3.09. The Bertz CT molecular complexity index is 484. The largest absolute Gasteiger partial charge is 0.357 e. The molecule has 2 rings (SSSR count). The van der Waals surface area contributed by atoms with Gasteiger partial charge in [-0.15, -0.1) is 0 Å². The van der Waals surface area contributed by atoms with Crippen LogP contribution in [-0.4, -0.2) is 58.3 Å². The van der Waals surface area contributed by atoms with Crippen molar-refractivity contribution in [1.29, 1.82) is 0 Å². The molecule has 6 nitrogen and oxygen atoms in total. The lowest BCUT2D eigenvalue weighted by Gasteiger charge is -2.26. The van der Waals surface area contributed by atoms with Crippen molar-refractivity contribution in [3.63, 3.8) is 0 Å². The standard InChI is InChI=1S/C15H30N4O2S/c1-3-16-14(17-10-6-11-18-22(2,20)21)19-12-9-15(13-19)7-4-5-8-15/h18H,3-13H2,1-2H3,(H,16,17). The molecule has 7 heteroatoms. The molecule has 1 heterocycles. The van der Waals surface area contributed by atoms with Gasteiger partial charge in [-0.3, -0.25) is 4.99 Å². The fourth-order valence-electron chi connectivity index (χ4n) is 3.60. The third-order valence-corrected chi connectivity index (χ3v) is 5.43. The van der Waals surface area contributed by atoms with Gasteiger partial charge in [-0.2, -0.15) is 0 Å². The second kappa shape index (κ2) is 7.64. The highest BCUT2D eigenvalue weighted by Crippen LogP contribution is 2.45. The normalized spacial score (nSPS) is 21.7. The van der Waals surface area contributed by atoms with Crippen LogP contribution in [0.5, 0.6) is 0 Å². The number of likely N-dealkylation sites (tertiary alicyclic amines) is 1. The molecular weight excluding hydrogens is 300 g/mol. The summed E-state index contributed by atoms with van der Waals surface area (Å²) in [5.41, 5.74) is 0.536. The lowest BCUT2D eigenvalue weighted by Crippen LogP contribution is -2.41. The van der Waals surface area contributed by atoms with Gasteiger partial charge in [0.25, 0.3) is 0 Å². The van der Waals surface area contributed by atoms with Crippen LogP contribution in [0.15, 0.2) is 4.99 Å². The van der Waals surface area contributed by atoms with Crippen LogP contribution < -0.4 is 10.0 Å². The summed E-state index contributed by atoms with van der Waals surface area (Å²) in [6.45, 7) is 6.26. The minimum Gasteiger partial charge on any atom is -0.357 e. The average Bonchev–Trinajstić information content (AvgIpc) is 3.07. The average molecular weight is 330 g/mol. The van der Waals surface area contributed by atoms with Crippen molar-refractivity contribution in [3.05, 3.63) is 0 Å². The zero-order valence-electron chi connectivity index (χ0n) is 13.9. The van der Waals surface area contributed by atoms with E-state index in [1.165, 1.54) is 38.4 Å². The highest BCUT2D eigenvalue weighted by molar-refractivity contribution is 7.88. The van der Waals surface area contributed by atoms with Crippen molar-refractivity contribution in [1.82, 2.24) is 14.9 Å². The summed E-state index contributed by atoms with van der Waals surface area (Å²) >= 11 is 0. The first-order valence-corrected chi connectivity index (χ1v) is 10.3. The van der Waals surface area contributed by atoms with Crippen LogP contribution in [0.25, 0.3) is 0 Å². The smallest absolute Gasteiger partial charge is 0.208 e. The molecule has 1 saturated heterocycles. The zero-order chi connectivity index (χ0) is 16.1. The van der Waals surface area contributed by atoms with E-state index in [-0.39, 0.29) is 0 Å². The van der Waals surface area contributed by atoms with Gasteiger partial charge < -0.3 is 10.2 Å². The van der Waals surface area contributed by atoms with Crippen LogP contribution in [0.3, 0.4) is 0 Å². The fourth-order valence-corrected chi connectivity index (χ4v) is 4.11. The maximum atomic E-state index is 11.0. The quantitative estimate of drug-likeness (QED) is 0.435. The molecule has 0 aromatic heterocycles. The van der Waals surface area contributed by atoms with E-state index in [1.807, 2.05) is 0 Å². The number of nitrogens with one attached hydrogen (secondary N) is 2. The number of nitrogens with zero attached hydrogens (tertiary/aromatic N) is 2. The highest BCUT2D eigenvalue weighted by Gasteiger charge is 2.40. The number of hydrogen-bond acceptors (Lipinski definition) is 3. The van der Waals surface area contributed by atoms with Gasteiger partial charge in [0.2, 0.25) is 10.0 Å². The Balaban J connectivity index is 1.82. The van der Waals surface area contributed by atoms with E-state index in [0.717, 1.165) is 32.0 Å². The van der Waals surface area contributed by atoms with Crippen molar-refractivity contribution in [3.8, 4) is 0 Å². The molecule has 0 bridgehead atoms. The van der Waals surface area contributed by atoms with Gasteiger partial charge >= 0.3 is 0 Å². The predicted octanol–water partition coefficient (Wildman–Crippen LogP) is 1.16. The van der Waals surface area contributed by atoms with Crippen molar-refractivity contribution in [2.24, 2.45) is 10.4 Å². The molecular formula is C15H30N4O2S. The predicted molar refractivity (Wildman–Crippen MR) is 90.5 cm³/mol. The molecule has 2 fully saturated rings. The monoisotopic (exact) mass is 330 g/mol. The van der Waals surface area contributed by atoms with Gasteiger partial charge in [-0.25, -0.2) is 13.1 Å². The maximum Gasteiger partial charge on any atom is 0.208 e. The Morgan fingerprint density at radius 2 is 2.00 bits per heavy atom. The summed E-state index contributed by atoms with van der Waals surface area (Å²) in [4.78, 5) is 7.05. The Morgan fingerprint density at radius 1 is 1.27 bits per heavy atom. The Morgan fingerprint density at radius 3 is 2.64 bits per heavy atom. The number of hydrogen-bond donors (Lipinski definition) is 2. The molecule has 0 unspecified atom stereocenters. The highest BCUT2D eigenvalue weighted by atomic mass is 32.2. The number of sulfonamides is 1. The lowest BCUT2D eigenvalue weighted by molar-refractivity contribution is 0.309. The molecule has 128 valence electrons. The molecule has 0 amide bonds. The van der Waals surface area contributed by atoms with Crippen molar-refractivity contribution in [2.45, 2.75) is 45.4 Å². The molecule has 1 saturated carbocycles. The van der Waals surface area contributed by atoms with E-state index in [0.29, 0.717) is 18.5 Å². The first kappa shape index (κ1) is 17.5. The second-order valence-electron chi connectivity index (χ2n) is 6.63. The summed E-state index contributed by atoms with van der Waals surface area (Å²) in [5, 5.41) is 3.38. The van der Waals surface area contributed by atoms with Gasteiger partial charge in [-0.05, 0) is 38.0 Å². The minimum absolute atomic E-state index is 0.450. The molecule has 1 aliphatic heterocycles. The lowest BCUT2D eigenvalue weighted by atomic mass is 9.86. The Kier molecular flexibility index (Phi) is 6.09. The third-order valence-electron chi connectivity index (χ3n) is 4.70. The van der Waals surface area contributed by atoms with E-state index in [9.17, 15) is 8.42 Å². The third kappa shape index (κ3) is 5.12. The van der Waals surface area contributed by atoms with Crippen LogP contribution in [0, 0.1) is 5.41 Å². The number of aliphatic imine (C=N–C) groups is 1. The first-order valence-electron chi connectivity index (χ1n) is 8.42. The van der Waals surface area contributed by atoms with Gasteiger partial charge in [0, 0.05) is 32.7 Å². The maximum absolute atomic E-state index is 11.0. The Labute approximate surface area is 134 Å². The Hall–Kier alpha value is -0.820. The number of guanidine groups is 1. The molecule has 22 heavy (non-hydrogen) atoms. The molecule has 1 spiro atoms. The molecule has 1 aliphatic carbocycles. The topological polar surface area (TPSA) is 73.8 Å². The SMILES string of the molecule is CCNC(=NCCCNS(C)(=O)=O)N1CCC2(CCCC2)C1. The van der Waals surface area contributed by atoms with Crippen molar-refractivity contribution < 1.29 is 8.42 Å². The molecule has 0 aromatic rings. The van der Waals surface area contributed by atoms with Gasteiger partial charge in [0.1, 0.15) is 0 Å². The van der Waals surface area contributed by atoms with E-state index in [4.69, 9.17) is 0 Å². The summed E-state index contributed by atoms with van der Waals surface area (Å²) in [7, 11) is -3.09. The molecule has 0 radical (unpaired) electrons. The molecule has 2 N–H and O–H groups in total. The summed E-state index contributed by atoms with van der Waals surface area (Å²) < 4.78 is 24.5. The molecule has 0 aromatic carbocycles. The van der Waals surface area contributed by atoms with Crippen LogP contribution in [0.1, 0.15) is 45.4 Å². The second-order valence-corrected chi connectivity index (χ2v) is 8.47. The first-order chi connectivity index (χ1) is 10.4. The van der Waals surface area contributed by atoms with E-state index in [2.05, 4.69) is 26.9 Å². The van der Waals surface area contributed by atoms with Crippen LogP contribution in [0.2, 0.25) is 0 Å². The van der Waals surface area contributed by atoms with Crippen LogP contribution in [-0.2, 0) is 10.0 Å². The van der Waals surface area contributed by atoms with Gasteiger partial charge in [0.15, 0.2) is 5.96 Å². The van der Waals surface area contributed by atoms with Crippen molar-refractivity contribution in [2.75, 3.05) is 39.0 Å². The molecule has 2 aliphatic rings. The van der Waals surface area contributed by atoms with Crippen LogP contribution in [0.4, 0.5) is 0 Å². The number of rotatable bonds is 6. The summed E-state index contributed by atoms with van der Waals surface area (Å²) in [5.74, 6) is 0.991. The van der Waals surface area contributed by atoms with E-state index in [1.54, 1.807) is 0 Å². The van der Waals surface area contributed by atoms with Crippen molar-refractivity contribution >= 4 is 16.0 Å². The van der Waals surface area contributed by atoms with Gasteiger partial charge in [-0.1, -0.05) is 12.8 Å². The van der Waals surface area contributed by atoms with E-state index < -0.39 is 10.0 Å². The van der Waals surface area contributed by atoms with Gasteiger partial charge in [0.05, 0.1) is 6.26 Å². The molecule has 0 atom stereocenters.